The average Bonchev–Trinajstić information content (AvgIpc) is 3.63. The molecule has 174 valence electrons. The lowest BCUT2D eigenvalue weighted by Crippen LogP contribution is -2.50. The van der Waals surface area contributed by atoms with Crippen molar-refractivity contribution < 1.29 is 18.0 Å². The van der Waals surface area contributed by atoms with Crippen molar-refractivity contribution in [3.63, 3.8) is 0 Å². The number of aryl methyl sites for hydroxylation is 2. The van der Waals surface area contributed by atoms with Crippen LogP contribution in [0.2, 0.25) is 0 Å². The van der Waals surface area contributed by atoms with Crippen LogP contribution < -0.4 is 5.32 Å². The summed E-state index contributed by atoms with van der Waals surface area (Å²) in [7, 11) is -3.58. The maximum absolute atomic E-state index is 13.0. The third kappa shape index (κ3) is 5.51. The SMILES string of the molecule is Cc1ccc(S(=O)(=O)N2CCN(C(=O)/C=C/c3ccc(C(=O)NC4CC4)cc3)CC2)cc1C. The summed E-state index contributed by atoms with van der Waals surface area (Å²) >= 11 is 0. The Bertz CT molecular complexity index is 1180. The van der Waals surface area contributed by atoms with E-state index in [0.717, 1.165) is 29.5 Å². The van der Waals surface area contributed by atoms with Crippen LogP contribution in [0.4, 0.5) is 0 Å². The number of hydrogen-bond donors (Lipinski definition) is 1. The van der Waals surface area contributed by atoms with Crippen LogP contribution in [0.5, 0.6) is 0 Å². The Morgan fingerprint density at radius 3 is 2.21 bits per heavy atom. The topological polar surface area (TPSA) is 86.8 Å². The predicted molar refractivity (Wildman–Crippen MR) is 127 cm³/mol. The smallest absolute Gasteiger partial charge is 0.251 e. The van der Waals surface area contributed by atoms with Gasteiger partial charge in [-0.25, -0.2) is 8.42 Å². The molecule has 0 spiro atoms. The third-order valence-corrected chi connectivity index (χ3v) is 8.06. The summed E-state index contributed by atoms with van der Waals surface area (Å²) in [6.45, 7) is 5.05. The first-order valence-corrected chi connectivity index (χ1v) is 12.6. The van der Waals surface area contributed by atoms with Crippen LogP contribution in [0, 0.1) is 13.8 Å². The lowest BCUT2D eigenvalue weighted by Gasteiger charge is -2.33. The van der Waals surface area contributed by atoms with Gasteiger partial charge in [0.05, 0.1) is 4.90 Å². The van der Waals surface area contributed by atoms with Crippen LogP contribution in [-0.2, 0) is 14.8 Å². The van der Waals surface area contributed by atoms with Gasteiger partial charge in [-0.05, 0) is 73.7 Å². The normalized spacial score (nSPS) is 17.3. The van der Waals surface area contributed by atoms with Crippen molar-refractivity contribution in [2.75, 3.05) is 26.2 Å². The number of piperazine rings is 1. The molecule has 2 aliphatic rings. The molecule has 0 unspecified atom stereocenters. The molecule has 1 N–H and O–H groups in total. The molecule has 2 fully saturated rings. The van der Waals surface area contributed by atoms with Gasteiger partial charge in [0, 0.05) is 43.9 Å². The standard InChI is InChI=1S/C25H29N3O4S/c1-18-3-11-23(17-19(18)2)33(31,32)28-15-13-27(14-16-28)24(29)12-6-20-4-7-21(8-5-20)25(30)26-22-9-10-22/h3-8,11-12,17,22H,9-10,13-16H2,1-2H3,(H,26,30)/b12-6+. The fourth-order valence-electron chi connectivity index (χ4n) is 3.69. The molecule has 2 aromatic carbocycles. The van der Waals surface area contributed by atoms with Crippen molar-refractivity contribution in [1.29, 1.82) is 0 Å². The molecule has 2 aromatic rings. The zero-order chi connectivity index (χ0) is 23.6. The van der Waals surface area contributed by atoms with Crippen molar-refractivity contribution in [2.24, 2.45) is 0 Å². The molecule has 7 nitrogen and oxygen atoms in total. The molecule has 1 aliphatic carbocycles. The molecule has 0 atom stereocenters. The van der Waals surface area contributed by atoms with Gasteiger partial charge in [-0.1, -0.05) is 18.2 Å². The molecule has 4 rings (SSSR count). The van der Waals surface area contributed by atoms with Crippen LogP contribution in [0.3, 0.4) is 0 Å². The summed E-state index contributed by atoms with van der Waals surface area (Å²) in [4.78, 5) is 26.6. The number of sulfonamides is 1. The molecular weight excluding hydrogens is 438 g/mol. The Morgan fingerprint density at radius 1 is 0.939 bits per heavy atom. The largest absolute Gasteiger partial charge is 0.349 e. The molecule has 1 saturated heterocycles. The van der Waals surface area contributed by atoms with Gasteiger partial charge in [0.2, 0.25) is 15.9 Å². The fraction of sp³-hybridized carbons (Fsp3) is 0.360. The summed E-state index contributed by atoms with van der Waals surface area (Å²) in [5.74, 6) is -0.230. The van der Waals surface area contributed by atoms with Crippen LogP contribution >= 0.6 is 0 Å². The van der Waals surface area contributed by atoms with Crippen molar-refractivity contribution in [1.82, 2.24) is 14.5 Å². The highest BCUT2D eigenvalue weighted by Crippen LogP contribution is 2.21. The molecule has 0 radical (unpaired) electrons. The van der Waals surface area contributed by atoms with Crippen LogP contribution in [0.25, 0.3) is 6.08 Å². The fourth-order valence-corrected chi connectivity index (χ4v) is 5.20. The van der Waals surface area contributed by atoms with Gasteiger partial charge in [-0.15, -0.1) is 0 Å². The van der Waals surface area contributed by atoms with E-state index < -0.39 is 10.0 Å². The van der Waals surface area contributed by atoms with Gasteiger partial charge in [0.1, 0.15) is 0 Å². The summed E-state index contributed by atoms with van der Waals surface area (Å²) in [5.41, 5.74) is 3.41. The molecule has 1 saturated carbocycles. The number of nitrogens with zero attached hydrogens (tertiary/aromatic N) is 2. The summed E-state index contributed by atoms with van der Waals surface area (Å²) in [6.07, 6.45) is 5.29. The molecule has 0 aromatic heterocycles. The highest BCUT2D eigenvalue weighted by atomic mass is 32.2. The highest BCUT2D eigenvalue weighted by molar-refractivity contribution is 7.89. The lowest BCUT2D eigenvalue weighted by atomic mass is 10.1. The molecule has 8 heteroatoms. The van der Waals surface area contributed by atoms with Crippen molar-refractivity contribution in [3.05, 3.63) is 70.8 Å². The van der Waals surface area contributed by atoms with Gasteiger partial charge in [-0.3, -0.25) is 9.59 Å². The van der Waals surface area contributed by atoms with E-state index in [1.807, 2.05) is 19.9 Å². The first-order valence-electron chi connectivity index (χ1n) is 11.2. The van der Waals surface area contributed by atoms with Crippen molar-refractivity contribution in [3.8, 4) is 0 Å². The Hall–Kier alpha value is -2.97. The summed E-state index contributed by atoms with van der Waals surface area (Å²) in [6, 6.07) is 12.6. The highest BCUT2D eigenvalue weighted by Gasteiger charge is 2.29. The van der Waals surface area contributed by atoms with Gasteiger partial charge in [0.15, 0.2) is 0 Å². The van der Waals surface area contributed by atoms with Crippen molar-refractivity contribution in [2.45, 2.75) is 37.6 Å². The monoisotopic (exact) mass is 467 g/mol. The maximum atomic E-state index is 13.0. The van der Waals surface area contributed by atoms with Gasteiger partial charge >= 0.3 is 0 Å². The Kier molecular flexibility index (Phi) is 6.67. The number of carbonyl (C=O) groups excluding carboxylic acids is 2. The number of rotatable bonds is 6. The molecular formula is C25H29N3O4S. The maximum Gasteiger partial charge on any atom is 0.251 e. The van der Waals surface area contributed by atoms with Gasteiger partial charge in [-0.2, -0.15) is 4.31 Å². The molecule has 1 heterocycles. The van der Waals surface area contributed by atoms with E-state index in [9.17, 15) is 18.0 Å². The Morgan fingerprint density at radius 2 is 1.61 bits per heavy atom. The number of benzene rings is 2. The van der Waals surface area contributed by atoms with E-state index >= 15 is 0 Å². The van der Waals surface area contributed by atoms with Gasteiger partial charge in [0.25, 0.3) is 5.91 Å². The minimum absolute atomic E-state index is 0.0715. The molecule has 33 heavy (non-hydrogen) atoms. The van der Waals surface area contributed by atoms with Crippen LogP contribution in [0.1, 0.15) is 39.9 Å². The zero-order valence-corrected chi connectivity index (χ0v) is 19.8. The lowest BCUT2D eigenvalue weighted by molar-refractivity contribution is -0.127. The Balaban J connectivity index is 1.32. The van der Waals surface area contributed by atoms with Crippen LogP contribution in [0.15, 0.2) is 53.4 Å². The summed E-state index contributed by atoms with van der Waals surface area (Å²) < 4.78 is 27.4. The molecule has 1 aliphatic heterocycles. The molecule has 0 bridgehead atoms. The second-order valence-corrected chi connectivity index (χ2v) is 10.6. The van der Waals surface area contributed by atoms with E-state index in [1.165, 1.54) is 10.4 Å². The van der Waals surface area contributed by atoms with Crippen molar-refractivity contribution >= 4 is 27.9 Å². The van der Waals surface area contributed by atoms with E-state index in [4.69, 9.17) is 0 Å². The number of nitrogens with one attached hydrogen (secondary N) is 1. The van der Waals surface area contributed by atoms with Gasteiger partial charge < -0.3 is 10.2 Å². The second-order valence-electron chi connectivity index (χ2n) is 8.68. The van der Waals surface area contributed by atoms with E-state index in [-0.39, 0.29) is 24.9 Å². The number of hydrogen-bond acceptors (Lipinski definition) is 4. The Labute approximate surface area is 195 Å². The van der Waals surface area contributed by atoms with Crippen LogP contribution in [-0.4, -0.2) is 61.7 Å². The number of amides is 2. The minimum Gasteiger partial charge on any atom is -0.349 e. The first-order chi connectivity index (χ1) is 15.7. The van der Waals surface area contributed by atoms with E-state index in [2.05, 4.69) is 5.32 Å². The molecule has 2 amide bonds. The summed E-state index contributed by atoms with van der Waals surface area (Å²) in [5, 5.41) is 2.95. The minimum atomic E-state index is -3.58. The average molecular weight is 468 g/mol. The third-order valence-electron chi connectivity index (χ3n) is 6.17. The number of carbonyl (C=O) groups is 2. The quantitative estimate of drug-likeness (QED) is 0.662. The van der Waals surface area contributed by atoms with E-state index in [0.29, 0.717) is 29.6 Å². The first kappa shape index (κ1) is 23.2. The second kappa shape index (κ2) is 9.49. The van der Waals surface area contributed by atoms with E-state index in [1.54, 1.807) is 47.4 Å². The predicted octanol–water partition coefficient (Wildman–Crippen LogP) is 2.74. The zero-order valence-electron chi connectivity index (χ0n) is 19.0.